The van der Waals surface area contributed by atoms with Gasteiger partial charge in [0.25, 0.3) is 0 Å². The minimum absolute atomic E-state index is 0.126. The van der Waals surface area contributed by atoms with Gasteiger partial charge in [0.1, 0.15) is 5.78 Å². The van der Waals surface area contributed by atoms with Gasteiger partial charge in [-0.1, -0.05) is 63.4 Å². The second-order valence-corrected chi connectivity index (χ2v) is 5.28. The Morgan fingerprint density at radius 2 is 1.57 bits per heavy atom. The van der Waals surface area contributed by atoms with Crippen LogP contribution in [0.4, 0.5) is 0 Å². The van der Waals surface area contributed by atoms with Crippen molar-refractivity contribution in [2.45, 2.75) is 77.6 Å². The van der Waals surface area contributed by atoms with Crippen molar-refractivity contribution >= 4 is 18.0 Å². The van der Waals surface area contributed by atoms with Crippen molar-refractivity contribution in [1.82, 2.24) is 0 Å². The van der Waals surface area contributed by atoms with Crippen molar-refractivity contribution in [3.63, 3.8) is 0 Å². The van der Waals surface area contributed by atoms with Crippen molar-refractivity contribution in [2.24, 2.45) is 5.16 Å². The summed E-state index contributed by atoms with van der Waals surface area (Å²) in [4.78, 5) is 26.1. The summed E-state index contributed by atoms with van der Waals surface area (Å²) in [7, 11) is 0. The first-order valence-corrected chi connectivity index (χ1v) is 8.04. The highest BCUT2D eigenvalue weighted by Gasteiger charge is 2.00. The molecular formula is C16H29NO4. The molecular weight excluding hydrogens is 270 g/mol. The molecule has 0 aliphatic rings. The van der Waals surface area contributed by atoms with Gasteiger partial charge in [-0.2, -0.15) is 0 Å². The molecule has 0 radical (unpaired) electrons. The highest BCUT2D eigenvalue weighted by atomic mass is 16.6. The Hall–Kier alpha value is -1.39. The molecule has 0 rings (SSSR count). The van der Waals surface area contributed by atoms with Crippen molar-refractivity contribution < 1.29 is 19.5 Å². The number of aliphatic carboxylic acids is 1. The molecule has 0 spiro atoms. The number of oxime groups is 1. The van der Waals surface area contributed by atoms with Crippen LogP contribution in [0.15, 0.2) is 5.16 Å². The molecule has 5 heteroatoms. The molecule has 1 N–H and O–H groups in total. The van der Waals surface area contributed by atoms with Crippen LogP contribution in [0.3, 0.4) is 0 Å². The Morgan fingerprint density at radius 3 is 2.14 bits per heavy atom. The number of carbonyl (C=O) groups excluding carboxylic acids is 1. The number of unbranched alkanes of at least 4 members (excludes halogenated alkanes) is 8. The Morgan fingerprint density at radius 1 is 1.00 bits per heavy atom. The van der Waals surface area contributed by atoms with Crippen molar-refractivity contribution in [3.05, 3.63) is 0 Å². The third kappa shape index (κ3) is 16.6. The number of carbonyl (C=O) groups is 2. The van der Waals surface area contributed by atoms with Crippen LogP contribution in [-0.4, -0.2) is 29.7 Å². The largest absolute Gasteiger partial charge is 0.479 e. The van der Waals surface area contributed by atoms with E-state index in [0.29, 0.717) is 6.42 Å². The highest BCUT2D eigenvalue weighted by Crippen LogP contribution is 2.10. The molecule has 0 aromatic heterocycles. The first-order chi connectivity index (χ1) is 10.2. The number of Topliss-reactive ketones (excluding diaryl/α,β-unsaturated/α-hetero) is 1. The van der Waals surface area contributed by atoms with Crippen LogP contribution in [0, 0.1) is 0 Å². The van der Waals surface area contributed by atoms with Gasteiger partial charge in [0.2, 0.25) is 6.61 Å². The van der Waals surface area contributed by atoms with Gasteiger partial charge < -0.3 is 9.94 Å². The highest BCUT2D eigenvalue weighted by molar-refractivity contribution is 5.91. The van der Waals surface area contributed by atoms with Crippen molar-refractivity contribution in [1.29, 1.82) is 0 Å². The minimum Gasteiger partial charge on any atom is -0.479 e. The monoisotopic (exact) mass is 299 g/mol. The van der Waals surface area contributed by atoms with E-state index in [9.17, 15) is 9.59 Å². The Labute approximate surface area is 127 Å². The summed E-state index contributed by atoms with van der Waals surface area (Å²) >= 11 is 0. The second-order valence-electron chi connectivity index (χ2n) is 5.28. The lowest BCUT2D eigenvalue weighted by Gasteiger charge is -2.01. The number of hydrogen-bond donors (Lipinski definition) is 1. The lowest BCUT2D eigenvalue weighted by Crippen LogP contribution is -2.04. The van der Waals surface area contributed by atoms with Gasteiger partial charge >= 0.3 is 5.97 Å². The Balaban J connectivity index is 3.28. The van der Waals surface area contributed by atoms with E-state index in [2.05, 4.69) is 16.9 Å². The van der Waals surface area contributed by atoms with Crippen LogP contribution < -0.4 is 0 Å². The molecule has 0 heterocycles. The summed E-state index contributed by atoms with van der Waals surface area (Å²) < 4.78 is 0. The van der Waals surface area contributed by atoms with E-state index in [1.54, 1.807) is 0 Å². The first-order valence-electron chi connectivity index (χ1n) is 8.04. The topological polar surface area (TPSA) is 76.0 Å². The lowest BCUT2D eigenvalue weighted by atomic mass is 10.1. The van der Waals surface area contributed by atoms with Crippen LogP contribution in [0.2, 0.25) is 0 Å². The SMILES string of the molecule is CCCCCCCCCCCC(=O)C/C=N/OCC(=O)O. The molecule has 0 aromatic carbocycles. The standard InChI is InChI=1S/C16H29NO4/c1-2-3-4-5-6-7-8-9-10-11-15(18)12-13-17-21-14-16(19)20/h13H,2-12,14H2,1H3,(H,19,20)/b17-13+. The minimum atomic E-state index is -1.08. The number of hydrogen-bond acceptors (Lipinski definition) is 4. The fourth-order valence-electron chi connectivity index (χ4n) is 2.02. The lowest BCUT2D eigenvalue weighted by molar-refractivity contribution is -0.142. The van der Waals surface area contributed by atoms with E-state index in [4.69, 9.17) is 5.11 Å². The first kappa shape index (κ1) is 19.6. The zero-order chi connectivity index (χ0) is 15.8. The molecule has 122 valence electrons. The number of carboxylic acids is 1. The molecule has 0 aromatic rings. The summed E-state index contributed by atoms with van der Waals surface area (Å²) in [5.41, 5.74) is 0. The van der Waals surface area contributed by atoms with E-state index in [1.165, 1.54) is 51.2 Å². The van der Waals surface area contributed by atoms with Crippen LogP contribution in [0.1, 0.15) is 77.6 Å². The molecule has 0 saturated heterocycles. The number of nitrogens with zero attached hydrogens (tertiary/aromatic N) is 1. The predicted molar refractivity (Wildman–Crippen MR) is 83.5 cm³/mol. The third-order valence-corrected chi connectivity index (χ3v) is 3.22. The van der Waals surface area contributed by atoms with Gasteiger partial charge in [-0.15, -0.1) is 0 Å². The molecule has 0 amide bonds. The summed E-state index contributed by atoms with van der Waals surface area (Å²) in [6, 6.07) is 0. The van der Waals surface area contributed by atoms with Gasteiger partial charge in [0.15, 0.2) is 0 Å². The van der Waals surface area contributed by atoms with Crippen molar-refractivity contribution in [2.75, 3.05) is 6.61 Å². The van der Waals surface area contributed by atoms with E-state index < -0.39 is 12.6 Å². The van der Waals surface area contributed by atoms with Crippen LogP contribution >= 0.6 is 0 Å². The molecule has 0 unspecified atom stereocenters. The average Bonchev–Trinajstić information content (AvgIpc) is 2.45. The summed E-state index contributed by atoms with van der Waals surface area (Å²) in [5, 5.41) is 11.7. The fraction of sp³-hybridized carbons (Fsp3) is 0.812. The zero-order valence-corrected chi connectivity index (χ0v) is 13.2. The van der Waals surface area contributed by atoms with Gasteiger partial charge in [-0.3, -0.25) is 4.79 Å². The maximum absolute atomic E-state index is 11.5. The van der Waals surface area contributed by atoms with Gasteiger partial charge in [-0.25, -0.2) is 4.79 Å². The average molecular weight is 299 g/mol. The molecule has 0 fully saturated rings. The number of carboxylic acid groups (broad SMARTS) is 1. The van der Waals surface area contributed by atoms with Crippen LogP contribution in [-0.2, 0) is 14.4 Å². The molecule has 0 aliphatic heterocycles. The van der Waals surface area contributed by atoms with Crippen LogP contribution in [0.5, 0.6) is 0 Å². The molecule has 21 heavy (non-hydrogen) atoms. The fourth-order valence-corrected chi connectivity index (χ4v) is 2.02. The molecule has 0 atom stereocenters. The number of ketones is 1. The quantitative estimate of drug-likeness (QED) is 0.282. The maximum atomic E-state index is 11.5. The van der Waals surface area contributed by atoms with Crippen LogP contribution in [0.25, 0.3) is 0 Å². The second kappa shape index (κ2) is 15.0. The van der Waals surface area contributed by atoms with Gasteiger partial charge in [-0.05, 0) is 6.42 Å². The smallest absolute Gasteiger partial charge is 0.344 e. The van der Waals surface area contributed by atoms with E-state index in [0.717, 1.165) is 12.8 Å². The van der Waals surface area contributed by atoms with Crippen molar-refractivity contribution in [3.8, 4) is 0 Å². The zero-order valence-electron chi connectivity index (χ0n) is 13.2. The molecule has 0 saturated carbocycles. The van der Waals surface area contributed by atoms with E-state index in [-0.39, 0.29) is 12.2 Å². The Bertz CT molecular complexity index is 303. The predicted octanol–water partition coefficient (Wildman–Crippen LogP) is 3.95. The maximum Gasteiger partial charge on any atom is 0.344 e. The third-order valence-electron chi connectivity index (χ3n) is 3.22. The summed E-state index contributed by atoms with van der Waals surface area (Å²) in [5.74, 6) is -0.950. The molecule has 5 nitrogen and oxygen atoms in total. The number of rotatable bonds is 15. The van der Waals surface area contributed by atoms with Gasteiger partial charge in [0.05, 0.1) is 6.21 Å². The summed E-state index contributed by atoms with van der Waals surface area (Å²) in [6.07, 6.45) is 13.2. The molecule has 0 aliphatic carbocycles. The van der Waals surface area contributed by atoms with E-state index >= 15 is 0 Å². The van der Waals surface area contributed by atoms with Gasteiger partial charge in [0, 0.05) is 12.8 Å². The van der Waals surface area contributed by atoms with E-state index in [1.807, 2.05) is 0 Å². The summed E-state index contributed by atoms with van der Waals surface area (Å²) in [6.45, 7) is 1.75. The normalized spacial score (nSPS) is 10.9. The molecule has 0 bridgehead atoms. The Kier molecular flexibility index (Phi) is 14.0.